The first kappa shape index (κ1) is 15.3. The molecule has 0 fully saturated rings. The molecule has 2 aromatic heterocycles. The van der Waals surface area contributed by atoms with Crippen LogP contribution >= 0.6 is 34.7 Å². The standard InChI is InChI=1S/C10H7ClF3N3OS2/c1-2-19-8-6(7(11)18)15-9(20-8)17-4-3-5(16-17)10(12,13)14/h3-4H,2H2,1H3. The molecule has 0 N–H and O–H groups in total. The molecule has 0 atom stereocenters. The average Bonchev–Trinajstić information content (AvgIpc) is 2.93. The van der Waals surface area contributed by atoms with Gasteiger partial charge in [0.15, 0.2) is 5.69 Å². The summed E-state index contributed by atoms with van der Waals surface area (Å²) in [5.41, 5.74) is -0.973. The Morgan fingerprint density at radius 3 is 2.75 bits per heavy atom. The number of aromatic nitrogens is 3. The highest BCUT2D eigenvalue weighted by molar-refractivity contribution is 8.01. The van der Waals surface area contributed by atoms with Crippen molar-refractivity contribution in [3.8, 4) is 5.13 Å². The Kier molecular flexibility index (Phi) is 4.40. The van der Waals surface area contributed by atoms with Gasteiger partial charge in [-0.3, -0.25) is 4.79 Å². The van der Waals surface area contributed by atoms with E-state index in [9.17, 15) is 18.0 Å². The van der Waals surface area contributed by atoms with Crippen LogP contribution < -0.4 is 0 Å². The Hall–Kier alpha value is -1.06. The van der Waals surface area contributed by atoms with Gasteiger partial charge in [0.05, 0.1) is 4.21 Å². The van der Waals surface area contributed by atoms with E-state index in [0.717, 1.165) is 28.3 Å². The number of carbonyl (C=O) groups excluding carboxylic acids is 1. The zero-order valence-electron chi connectivity index (χ0n) is 9.94. The highest BCUT2D eigenvalue weighted by Gasteiger charge is 2.34. The van der Waals surface area contributed by atoms with Crippen molar-refractivity contribution in [3.63, 3.8) is 0 Å². The largest absolute Gasteiger partial charge is 0.435 e. The predicted molar refractivity (Wildman–Crippen MR) is 70.8 cm³/mol. The van der Waals surface area contributed by atoms with Gasteiger partial charge in [0.2, 0.25) is 5.13 Å². The molecule has 0 saturated heterocycles. The van der Waals surface area contributed by atoms with Gasteiger partial charge in [-0.15, -0.1) is 11.8 Å². The second kappa shape index (κ2) is 5.74. The van der Waals surface area contributed by atoms with E-state index in [1.54, 1.807) is 0 Å². The fourth-order valence-electron chi connectivity index (χ4n) is 1.33. The third-order valence-corrected chi connectivity index (χ3v) is 4.49. The number of thioether (sulfide) groups is 1. The van der Waals surface area contributed by atoms with Crippen LogP contribution in [0.3, 0.4) is 0 Å². The number of carbonyl (C=O) groups is 1. The summed E-state index contributed by atoms with van der Waals surface area (Å²) in [5.74, 6) is 0.686. The van der Waals surface area contributed by atoms with E-state index in [2.05, 4.69) is 10.1 Å². The summed E-state index contributed by atoms with van der Waals surface area (Å²) in [6.07, 6.45) is -3.38. The molecule has 0 aromatic carbocycles. The molecule has 0 aliphatic rings. The molecule has 0 spiro atoms. The zero-order chi connectivity index (χ0) is 14.9. The summed E-state index contributed by atoms with van der Waals surface area (Å²) in [7, 11) is 0. The van der Waals surface area contributed by atoms with Crippen LogP contribution in [-0.2, 0) is 6.18 Å². The van der Waals surface area contributed by atoms with E-state index in [1.807, 2.05) is 6.92 Å². The fraction of sp³-hybridized carbons (Fsp3) is 0.300. The maximum absolute atomic E-state index is 12.5. The zero-order valence-corrected chi connectivity index (χ0v) is 12.3. The Morgan fingerprint density at radius 2 is 2.25 bits per heavy atom. The quantitative estimate of drug-likeness (QED) is 0.626. The first-order valence-corrected chi connectivity index (χ1v) is 7.47. The van der Waals surface area contributed by atoms with Crippen molar-refractivity contribution in [2.24, 2.45) is 0 Å². The van der Waals surface area contributed by atoms with Gasteiger partial charge in [0, 0.05) is 6.20 Å². The lowest BCUT2D eigenvalue weighted by molar-refractivity contribution is -0.141. The molecule has 0 aliphatic carbocycles. The normalized spacial score (nSPS) is 11.8. The van der Waals surface area contributed by atoms with Crippen molar-refractivity contribution in [2.45, 2.75) is 17.3 Å². The van der Waals surface area contributed by atoms with Crippen LogP contribution in [0.2, 0.25) is 0 Å². The van der Waals surface area contributed by atoms with Gasteiger partial charge in [-0.1, -0.05) is 18.3 Å². The van der Waals surface area contributed by atoms with Crippen LogP contribution in [-0.4, -0.2) is 25.8 Å². The first-order chi connectivity index (χ1) is 9.32. The van der Waals surface area contributed by atoms with Crippen LogP contribution in [0, 0.1) is 0 Å². The number of rotatable bonds is 4. The monoisotopic (exact) mass is 341 g/mol. The van der Waals surface area contributed by atoms with Crippen molar-refractivity contribution in [2.75, 3.05) is 5.75 Å². The highest BCUT2D eigenvalue weighted by atomic mass is 35.5. The van der Waals surface area contributed by atoms with E-state index in [-0.39, 0.29) is 10.8 Å². The summed E-state index contributed by atoms with van der Waals surface area (Å²) in [5, 5.41) is 2.82. The smallest absolute Gasteiger partial charge is 0.274 e. The maximum atomic E-state index is 12.5. The molecule has 2 rings (SSSR count). The van der Waals surface area contributed by atoms with Crippen molar-refractivity contribution < 1.29 is 18.0 Å². The second-order valence-corrected chi connectivity index (χ2v) is 6.34. The summed E-state index contributed by atoms with van der Waals surface area (Å²) in [6, 6.07) is 0.843. The molecule has 2 aromatic rings. The Labute approximate surface area is 125 Å². The van der Waals surface area contributed by atoms with Crippen LogP contribution in [0.15, 0.2) is 16.5 Å². The summed E-state index contributed by atoms with van der Waals surface area (Å²) in [4.78, 5) is 15.2. The van der Waals surface area contributed by atoms with Crippen molar-refractivity contribution in [1.29, 1.82) is 0 Å². The lowest BCUT2D eigenvalue weighted by Crippen LogP contribution is -2.07. The lowest BCUT2D eigenvalue weighted by Gasteiger charge is -2.00. The van der Waals surface area contributed by atoms with Crippen molar-refractivity contribution in [3.05, 3.63) is 23.7 Å². The molecule has 0 unspecified atom stereocenters. The van der Waals surface area contributed by atoms with E-state index in [1.165, 1.54) is 11.8 Å². The Morgan fingerprint density at radius 1 is 1.55 bits per heavy atom. The molecule has 0 bridgehead atoms. The molecule has 0 radical (unpaired) electrons. The lowest BCUT2D eigenvalue weighted by atomic mass is 10.4. The minimum Gasteiger partial charge on any atom is -0.274 e. The van der Waals surface area contributed by atoms with Gasteiger partial charge in [0.1, 0.15) is 5.69 Å². The predicted octanol–water partition coefficient (Wildman–Crippen LogP) is 3.84. The third-order valence-electron chi connectivity index (χ3n) is 2.12. The summed E-state index contributed by atoms with van der Waals surface area (Å²) >= 11 is 7.82. The summed E-state index contributed by atoms with van der Waals surface area (Å²) < 4.78 is 39.0. The number of nitrogens with zero attached hydrogens (tertiary/aromatic N) is 3. The van der Waals surface area contributed by atoms with Crippen LogP contribution in [0.4, 0.5) is 13.2 Å². The molecular weight excluding hydrogens is 335 g/mol. The highest BCUT2D eigenvalue weighted by Crippen LogP contribution is 2.33. The molecule has 108 valence electrons. The molecule has 2 heterocycles. The minimum absolute atomic E-state index is 0.0441. The third kappa shape index (κ3) is 3.15. The number of hydrogen-bond donors (Lipinski definition) is 0. The summed E-state index contributed by atoms with van der Waals surface area (Å²) in [6.45, 7) is 1.88. The number of alkyl halides is 3. The van der Waals surface area contributed by atoms with Gasteiger partial charge >= 0.3 is 6.18 Å². The van der Waals surface area contributed by atoms with Crippen LogP contribution in [0.5, 0.6) is 0 Å². The van der Waals surface area contributed by atoms with Crippen molar-refractivity contribution in [1.82, 2.24) is 14.8 Å². The van der Waals surface area contributed by atoms with Gasteiger partial charge in [0.25, 0.3) is 5.24 Å². The average molecular weight is 342 g/mol. The van der Waals surface area contributed by atoms with Gasteiger partial charge < -0.3 is 0 Å². The van der Waals surface area contributed by atoms with E-state index < -0.39 is 17.1 Å². The topological polar surface area (TPSA) is 47.8 Å². The molecule has 0 amide bonds. The van der Waals surface area contributed by atoms with E-state index in [0.29, 0.717) is 9.96 Å². The second-order valence-electron chi connectivity index (χ2n) is 3.48. The number of thiazole rings is 1. The molecular formula is C10H7ClF3N3OS2. The number of hydrogen-bond acceptors (Lipinski definition) is 5. The first-order valence-electron chi connectivity index (χ1n) is 5.29. The van der Waals surface area contributed by atoms with E-state index >= 15 is 0 Å². The van der Waals surface area contributed by atoms with Gasteiger partial charge in [-0.2, -0.15) is 18.3 Å². The van der Waals surface area contributed by atoms with Crippen LogP contribution in [0.25, 0.3) is 5.13 Å². The Balaban J connectivity index is 2.40. The fourth-order valence-corrected chi connectivity index (χ4v) is 3.66. The van der Waals surface area contributed by atoms with Crippen molar-refractivity contribution >= 4 is 39.9 Å². The molecule has 0 aliphatic heterocycles. The minimum atomic E-state index is -4.52. The van der Waals surface area contributed by atoms with Gasteiger partial charge in [-0.05, 0) is 23.4 Å². The molecule has 10 heteroatoms. The van der Waals surface area contributed by atoms with Crippen LogP contribution in [0.1, 0.15) is 23.1 Å². The van der Waals surface area contributed by atoms with E-state index in [4.69, 9.17) is 11.6 Å². The Bertz CT molecular complexity index is 638. The molecule has 0 saturated carbocycles. The van der Waals surface area contributed by atoms with Gasteiger partial charge in [-0.25, -0.2) is 9.67 Å². The SMILES string of the molecule is CCSc1sc(-n2ccc(C(F)(F)F)n2)nc1C(=O)Cl. The molecule has 20 heavy (non-hydrogen) atoms. The molecule has 4 nitrogen and oxygen atoms in total. The number of halogens is 4. The maximum Gasteiger partial charge on any atom is 0.435 e.